The molecule has 1 aliphatic rings. The van der Waals surface area contributed by atoms with E-state index in [0.29, 0.717) is 0 Å². The Labute approximate surface area is 102 Å². The van der Waals surface area contributed by atoms with Gasteiger partial charge in [0, 0.05) is 25.7 Å². The minimum atomic E-state index is -0.710. The molecule has 0 aliphatic carbocycles. The standard InChI is InChI=1S/C14H19NO2/c1-10(8-14(16)17)7-11-3-4-13-12(9-11)5-6-15(13)2/h3-4,9-10H,5-8H2,1-2H3,(H,16,17). The molecule has 2 rings (SSSR count). The van der Waals surface area contributed by atoms with Crippen molar-refractivity contribution in [1.82, 2.24) is 0 Å². The van der Waals surface area contributed by atoms with Crippen LogP contribution in [0, 0.1) is 5.92 Å². The van der Waals surface area contributed by atoms with Crippen LogP contribution >= 0.6 is 0 Å². The minimum absolute atomic E-state index is 0.199. The maximum atomic E-state index is 10.6. The highest BCUT2D eigenvalue weighted by atomic mass is 16.4. The Morgan fingerprint density at radius 3 is 3.00 bits per heavy atom. The number of aliphatic carboxylic acids is 1. The highest BCUT2D eigenvalue weighted by molar-refractivity contribution is 5.67. The first kappa shape index (κ1) is 12.0. The molecule has 3 nitrogen and oxygen atoms in total. The van der Waals surface area contributed by atoms with E-state index in [-0.39, 0.29) is 12.3 Å². The number of carbonyl (C=O) groups is 1. The summed E-state index contributed by atoms with van der Waals surface area (Å²) >= 11 is 0. The molecular formula is C14H19NO2. The monoisotopic (exact) mass is 233 g/mol. The normalized spacial score (nSPS) is 15.8. The molecule has 1 aliphatic heterocycles. The quantitative estimate of drug-likeness (QED) is 0.867. The smallest absolute Gasteiger partial charge is 0.303 e. The second-order valence-corrected chi connectivity index (χ2v) is 5.04. The number of hydrogen-bond acceptors (Lipinski definition) is 2. The molecule has 1 aromatic carbocycles. The lowest BCUT2D eigenvalue weighted by Gasteiger charge is -2.13. The van der Waals surface area contributed by atoms with E-state index < -0.39 is 5.97 Å². The average molecular weight is 233 g/mol. The molecule has 17 heavy (non-hydrogen) atoms. The lowest BCUT2D eigenvalue weighted by molar-refractivity contribution is -0.137. The van der Waals surface area contributed by atoms with E-state index in [1.165, 1.54) is 16.8 Å². The van der Waals surface area contributed by atoms with Crippen molar-refractivity contribution in [2.24, 2.45) is 5.92 Å². The molecule has 0 bridgehead atoms. The largest absolute Gasteiger partial charge is 0.481 e. The third-order valence-corrected chi connectivity index (χ3v) is 3.38. The van der Waals surface area contributed by atoms with Crippen molar-refractivity contribution in [3.63, 3.8) is 0 Å². The zero-order valence-electron chi connectivity index (χ0n) is 10.4. The second-order valence-electron chi connectivity index (χ2n) is 5.04. The summed E-state index contributed by atoms with van der Waals surface area (Å²) in [4.78, 5) is 12.9. The van der Waals surface area contributed by atoms with Gasteiger partial charge in [0.1, 0.15) is 0 Å². The van der Waals surface area contributed by atoms with Crippen molar-refractivity contribution < 1.29 is 9.90 Å². The third-order valence-electron chi connectivity index (χ3n) is 3.38. The van der Waals surface area contributed by atoms with Crippen molar-refractivity contribution in [2.75, 3.05) is 18.5 Å². The molecule has 0 saturated carbocycles. The fourth-order valence-corrected chi connectivity index (χ4v) is 2.52. The van der Waals surface area contributed by atoms with Gasteiger partial charge in [0.05, 0.1) is 0 Å². The molecular weight excluding hydrogens is 214 g/mol. The van der Waals surface area contributed by atoms with Crippen LogP contribution in [-0.2, 0) is 17.6 Å². The molecule has 0 aromatic heterocycles. The van der Waals surface area contributed by atoms with Gasteiger partial charge in [-0.2, -0.15) is 0 Å². The Bertz CT molecular complexity index is 428. The molecule has 0 spiro atoms. The average Bonchev–Trinajstić information content (AvgIpc) is 2.58. The van der Waals surface area contributed by atoms with Gasteiger partial charge in [-0.1, -0.05) is 19.1 Å². The van der Waals surface area contributed by atoms with Gasteiger partial charge in [-0.15, -0.1) is 0 Å². The van der Waals surface area contributed by atoms with Crippen molar-refractivity contribution in [3.8, 4) is 0 Å². The molecule has 1 atom stereocenters. The molecule has 1 N–H and O–H groups in total. The molecule has 92 valence electrons. The third kappa shape index (κ3) is 2.78. The van der Waals surface area contributed by atoms with E-state index in [4.69, 9.17) is 5.11 Å². The summed E-state index contributed by atoms with van der Waals surface area (Å²) in [5, 5.41) is 8.74. The Morgan fingerprint density at radius 1 is 1.53 bits per heavy atom. The molecule has 0 saturated heterocycles. The van der Waals surface area contributed by atoms with Crippen molar-refractivity contribution in [2.45, 2.75) is 26.2 Å². The van der Waals surface area contributed by atoms with E-state index in [2.05, 4.69) is 30.1 Å². The number of carboxylic acids is 1. The highest BCUT2D eigenvalue weighted by Crippen LogP contribution is 2.28. The first-order valence-electron chi connectivity index (χ1n) is 6.11. The molecule has 0 amide bonds. The van der Waals surface area contributed by atoms with E-state index in [1.807, 2.05) is 6.92 Å². The fourth-order valence-electron chi connectivity index (χ4n) is 2.52. The summed E-state index contributed by atoms with van der Waals surface area (Å²) in [6, 6.07) is 6.52. The van der Waals surface area contributed by atoms with Crippen LogP contribution in [0.1, 0.15) is 24.5 Å². The summed E-state index contributed by atoms with van der Waals surface area (Å²) in [6.45, 7) is 3.08. The summed E-state index contributed by atoms with van der Waals surface area (Å²) in [5.74, 6) is -0.511. The van der Waals surface area contributed by atoms with Gasteiger partial charge in [0.15, 0.2) is 0 Å². The predicted octanol–water partition coefficient (Wildman–Crippen LogP) is 2.33. The number of hydrogen-bond donors (Lipinski definition) is 1. The Morgan fingerprint density at radius 2 is 2.29 bits per heavy atom. The Balaban J connectivity index is 2.06. The first-order chi connectivity index (χ1) is 8.06. The number of rotatable bonds is 4. The van der Waals surface area contributed by atoms with Crippen molar-refractivity contribution in [1.29, 1.82) is 0 Å². The lowest BCUT2D eigenvalue weighted by atomic mass is 9.96. The van der Waals surface area contributed by atoms with Crippen molar-refractivity contribution in [3.05, 3.63) is 29.3 Å². The van der Waals surface area contributed by atoms with Gasteiger partial charge in [0.2, 0.25) is 0 Å². The predicted molar refractivity (Wildman–Crippen MR) is 68.5 cm³/mol. The van der Waals surface area contributed by atoms with Gasteiger partial charge >= 0.3 is 5.97 Å². The number of benzene rings is 1. The summed E-state index contributed by atoms with van der Waals surface area (Å²) < 4.78 is 0. The second kappa shape index (κ2) is 4.78. The lowest BCUT2D eigenvalue weighted by Crippen LogP contribution is -2.12. The summed E-state index contributed by atoms with van der Waals surface area (Å²) in [6.07, 6.45) is 2.20. The maximum absolute atomic E-state index is 10.6. The van der Waals surface area contributed by atoms with Gasteiger partial charge in [-0.3, -0.25) is 4.79 Å². The van der Waals surface area contributed by atoms with E-state index in [0.717, 1.165) is 19.4 Å². The van der Waals surface area contributed by atoms with Gasteiger partial charge in [-0.05, 0) is 36.0 Å². The van der Waals surface area contributed by atoms with Crippen LogP contribution in [0.5, 0.6) is 0 Å². The number of nitrogens with zero attached hydrogens (tertiary/aromatic N) is 1. The van der Waals surface area contributed by atoms with Crippen LogP contribution in [-0.4, -0.2) is 24.7 Å². The highest BCUT2D eigenvalue weighted by Gasteiger charge is 2.16. The van der Waals surface area contributed by atoms with Crippen LogP contribution in [0.2, 0.25) is 0 Å². The molecule has 3 heteroatoms. The number of fused-ring (bicyclic) bond motifs is 1. The van der Waals surface area contributed by atoms with E-state index >= 15 is 0 Å². The number of likely N-dealkylation sites (N-methyl/N-ethyl adjacent to an activating group) is 1. The van der Waals surface area contributed by atoms with Crippen molar-refractivity contribution >= 4 is 11.7 Å². The zero-order chi connectivity index (χ0) is 12.4. The molecule has 1 heterocycles. The zero-order valence-corrected chi connectivity index (χ0v) is 10.4. The topological polar surface area (TPSA) is 40.5 Å². The molecule has 0 fully saturated rings. The number of carboxylic acid groups (broad SMARTS) is 1. The van der Waals surface area contributed by atoms with Crippen LogP contribution < -0.4 is 4.90 Å². The van der Waals surface area contributed by atoms with E-state index in [9.17, 15) is 4.79 Å². The molecule has 1 unspecified atom stereocenters. The fraction of sp³-hybridized carbons (Fsp3) is 0.500. The van der Waals surface area contributed by atoms with Gasteiger partial charge in [0.25, 0.3) is 0 Å². The summed E-state index contributed by atoms with van der Waals surface area (Å²) in [5.41, 5.74) is 3.97. The van der Waals surface area contributed by atoms with Gasteiger partial charge < -0.3 is 10.0 Å². The SMILES string of the molecule is CC(CC(=O)O)Cc1ccc2c(c1)CCN2C. The van der Waals surface area contributed by atoms with Crippen LogP contribution in [0.3, 0.4) is 0 Å². The van der Waals surface area contributed by atoms with Crippen LogP contribution in [0.25, 0.3) is 0 Å². The van der Waals surface area contributed by atoms with E-state index in [1.54, 1.807) is 0 Å². The first-order valence-corrected chi connectivity index (χ1v) is 6.11. The minimum Gasteiger partial charge on any atom is -0.481 e. The molecule has 0 radical (unpaired) electrons. The Kier molecular flexibility index (Phi) is 3.36. The maximum Gasteiger partial charge on any atom is 0.303 e. The number of anilines is 1. The van der Waals surface area contributed by atoms with Crippen LogP contribution in [0.15, 0.2) is 18.2 Å². The van der Waals surface area contributed by atoms with Crippen LogP contribution in [0.4, 0.5) is 5.69 Å². The molecule has 1 aromatic rings. The van der Waals surface area contributed by atoms with Gasteiger partial charge in [-0.25, -0.2) is 0 Å². The Hall–Kier alpha value is -1.51. The summed E-state index contributed by atoms with van der Waals surface area (Å²) in [7, 11) is 2.11.